The zero-order valence-corrected chi connectivity index (χ0v) is 17.1. The van der Waals surface area contributed by atoms with Gasteiger partial charge in [0.1, 0.15) is 5.75 Å². The maximum absolute atomic E-state index is 5.44. The van der Waals surface area contributed by atoms with Crippen molar-refractivity contribution < 1.29 is 4.74 Å². The molecule has 0 aliphatic heterocycles. The third kappa shape index (κ3) is 6.49. The minimum absolute atomic E-state index is 0.746. The molecule has 0 saturated heterocycles. The van der Waals surface area contributed by atoms with Crippen molar-refractivity contribution in [1.82, 2.24) is 9.88 Å². The third-order valence-corrected chi connectivity index (χ3v) is 4.70. The molecule has 0 unspecified atom stereocenters. The first-order valence-corrected chi connectivity index (χ1v) is 9.88. The Labute approximate surface area is 159 Å². The number of benzene rings is 1. The maximum Gasteiger partial charge on any atom is 0.121 e. The fraction of sp³-hybridized carbons (Fsp3) is 0.591. The predicted molar refractivity (Wildman–Crippen MR) is 112 cm³/mol. The third-order valence-electron chi connectivity index (χ3n) is 4.70. The topological polar surface area (TPSA) is 37.4 Å². The Bertz CT molecular complexity index is 657. The molecule has 1 N–H and O–H groups in total. The molecule has 26 heavy (non-hydrogen) atoms. The van der Waals surface area contributed by atoms with Crippen LogP contribution in [0, 0.1) is 11.8 Å². The Hall–Kier alpha value is -1.81. The van der Waals surface area contributed by atoms with E-state index in [0.29, 0.717) is 0 Å². The first-order valence-electron chi connectivity index (χ1n) is 9.88. The molecular formula is C22H35N3O. The van der Waals surface area contributed by atoms with Crippen LogP contribution in [0.4, 0.5) is 5.69 Å². The van der Waals surface area contributed by atoms with Crippen molar-refractivity contribution in [1.29, 1.82) is 0 Å². The van der Waals surface area contributed by atoms with E-state index >= 15 is 0 Å². The average Bonchev–Trinajstić information content (AvgIpc) is 2.62. The van der Waals surface area contributed by atoms with Crippen molar-refractivity contribution in [3.05, 3.63) is 30.5 Å². The summed E-state index contributed by atoms with van der Waals surface area (Å²) >= 11 is 0. The van der Waals surface area contributed by atoms with Crippen molar-refractivity contribution in [2.45, 2.75) is 40.5 Å². The second-order valence-corrected chi connectivity index (χ2v) is 7.88. The van der Waals surface area contributed by atoms with Crippen LogP contribution in [0.2, 0.25) is 0 Å². The molecule has 0 radical (unpaired) electrons. The van der Waals surface area contributed by atoms with E-state index in [1.807, 2.05) is 24.4 Å². The molecule has 1 aromatic carbocycles. The van der Waals surface area contributed by atoms with Crippen molar-refractivity contribution in [3.8, 4) is 5.75 Å². The van der Waals surface area contributed by atoms with Gasteiger partial charge < -0.3 is 15.0 Å². The van der Waals surface area contributed by atoms with Gasteiger partial charge in [-0.25, -0.2) is 0 Å². The molecule has 2 aromatic rings. The zero-order valence-electron chi connectivity index (χ0n) is 17.1. The zero-order chi connectivity index (χ0) is 18.9. The fourth-order valence-corrected chi connectivity index (χ4v) is 2.98. The van der Waals surface area contributed by atoms with Crippen LogP contribution in [0.25, 0.3) is 10.9 Å². The van der Waals surface area contributed by atoms with E-state index in [1.165, 1.54) is 25.9 Å². The minimum Gasteiger partial charge on any atom is -0.497 e. The van der Waals surface area contributed by atoms with E-state index in [2.05, 4.69) is 49.0 Å². The van der Waals surface area contributed by atoms with Crippen molar-refractivity contribution >= 4 is 16.6 Å². The molecule has 0 fully saturated rings. The number of rotatable bonds is 11. The monoisotopic (exact) mass is 357 g/mol. The number of pyridine rings is 1. The average molecular weight is 358 g/mol. The largest absolute Gasteiger partial charge is 0.497 e. The first-order chi connectivity index (χ1) is 12.5. The normalized spacial score (nSPS) is 11.7. The van der Waals surface area contributed by atoms with Crippen LogP contribution in [0.5, 0.6) is 5.75 Å². The Kier molecular flexibility index (Phi) is 8.17. The Morgan fingerprint density at radius 2 is 1.73 bits per heavy atom. The number of nitrogens with one attached hydrogen (secondary N) is 1. The summed E-state index contributed by atoms with van der Waals surface area (Å²) in [5, 5.41) is 4.69. The van der Waals surface area contributed by atoms with Gasteiger partial charge in [0.05, 0.1) is 18.3 Å². The number of fused-ring (bicyclic) bond motifs is 1. The molecule has 0 atom stereocenters. The van der Waals surface area contributed by atoms with Crippen LogP contribution >= 0.6 is 0 Å². The predicted octanol–water partition coefficient (Wildman–Crippen LogP) is 5.05. The number of hydrogen-bond acceptors (Lipinski definition) is 4. The summed E-state index contributed by atoms with van der Waals surface area (Å²) < 4.78 is 5.44. The van der Waals surface area contributed by atoms with Crippen molar-refractivity contribution in [2.24, 2.45) is 11.8 Å². The van der Waals surface area contributed by atoms with Gasteiger partial charge in [-0.2, -0.15) is 0 Å². The molecule has 0 aliphatic rings. The maximum atomic E-state index is 5.44. The number of aromatic nitrogens is 1. The molecule has 2 rings (SSSR count). The summed E-state index contributed by atoms with van der Waals surface area (Å²) in [6.07, 6.45) is 4.35. The lowest BCUT2D eigenvalue weighted by Gasteiger charge is -2.24. The number of nitrogens with zero attached hydrogens (tertiary/aromatic N) is 2. The molecule has 0 amide bonds. The van der Waals surface area contributed by atoms with Gasteiger partial charge in [0.25, 0.3) is 0 Å². The van der Waals surface area contributed by atoms with E-state index in [4.69, 9.17) is 4.74 Å². The van der Waals surface area contributed by atoms with Gasteiger partial charge in [-0.3, -0.25) is 4.98 Å². The molecule has 144 valence electrons. The second-order valence-electron chi connectivity index (χ2n) is 7.88. The summed E-state index contributed by atoms with van der Waals surface area (Å²) in [6.45, 7) is 13.5. The highest BCUT2D eigenvalue weighted by atomic mass is 16.5. The Balaban J connectivity index is 2.00. The van der Waals surface area contributed by atoms with Gasteiger partial charge in [-0.15, -0.1) is 0 Å². The molecule has 0 aliphatic carbocycles. The van der Waals surface area contributed by atoms with Gasteiger partial charge >= 0.3 is 0 Å². The molecule has 1 heterocycles. The second kappa shape index (κ2) is 10.4. The van der Waals surface area contributed by atoms with Crippen molar-refractivity contribution in [2.75, 3.05) is 38.6 Å². The highest BCUT2D eigenvalue weighted by Gasteiger charge is 2.09. The molecule has 4 heteroatoms. The Morgan fingerprint density at radius 3 is 2.35 bits per heavy atom. The number of ether oxygens (including phenoxy) is 1. The Morgan fingerprint density at radius 1 is 1.04 bits per heavy atom. The molecule has 4 nitrogen and oxygen atoms in total. The van der Waals surface area contributed by atoms with E-state index in [0.717, 1.165) is 47.3 Å². The number of methoxy groups -OCH3 is 1. The highest BCUT2D eigenvalue weighted by molar-refractivity contribution is 5.91. The van der Waals surface area contributed by atoms with Crippen LogP contribution in [-0.4, -0.2) is 43.2 Å². The van der Waals surface area contributed by atoms with Gasteiger partial charge in [0, 0.05) is 30.7 Å². The molecule has 0 bridgehead atoms. The number of anilines is 1. The summed E-state index contributed by atoms with van der Waals surface area (Å²) in [5.74, 6) is 2.36. The van der Waals surface area contributed by atoms with Crippen LogP contribution < -0.4 is 10.1 Å². The first kappa shape index (κ1) is 20.5. The standard InChI is InChI=1S/C22H35N3O/c1-17(2)8-12-25(13-9-18(3)4)14-11-23-21-16-20(26-5)15-19-7-6-10-24-22(19)21/h6-7,10,15-18,23H,8-9,11-14H2,1-5H3. The smallest absolute Gasteiger partial charge is 0.121 e. The van der Waals surface area contributed by atoms with Gasteiger partial charge in [-0.1, -0.05) is 33.8 Å². The van der Waals surface area contributed by atoms with E-state index in [-0.39, 0.29) is 0 Å². The summed E-state index contributed by atoms with van der Waals surface area (Å²) in [4.78, 5) is 7.13. The fourth-order valence-electron chi connectivity index (χ4n) is 2.98. The molecule has 0 saturated carbocycles. The van der Waals surface area contributed by atoms with E-state index in [1.54, 1.807) is 7.11 Å². The lowest BCUT2D eigenvalue weighted by Crippen LogP contribution is -2.32. The quantitative estimate of drug-likeness (QED) is 0.611. The lowest BCUT2D eigenvalue weighted by atomic mass is 10.1. The van der Waals surface area contributed by atoms with Gasteiger partial charge in [0.15, 0.2) is 0 Å². The van der Waals surface area contributed by atoms with Gasteiger partial charge in [0.2, 0.25) is 0 Å². The van der Waals surface area contributed by atoms with E-state index in [9.17, 15) is 0 Å². The number of hydrogen-bond donors (Lipinski definition) is 1. The van der Waals surface area contributed by atoms with Gasteiger partial charge in [-0.05, 0) is 49.9 Å². The van der Waals surface area contributed by atoms with Crippen molar-refractivity contribution in [3.63, 3.8) is 0 Å². The molecule has 0 spiro atoms. The van der Waals surface area contributed by atoms with E-state index < -0.39 is 0 Å². The minimum atomic E-state index is 0.746. The lowest BCUT2D eigenvalue weighted by molar-refractivity contribution is 0.252. The summed E-state index contributed by atoms with van der Waals surface area (Å²) in [7, 11) is 1.71. The summed E-state index contributed by atoms with van der Waals surface area (Å²) in [5.41, 5.74) is 2.05. The molecular weight excluding hydrogens is 322 g/mol. The van der Waals surface area contributed by atoms with Crippen LogP contribution in [0.15, 0.2) is 30.5 Å². The molecule has 1 aromatic heterocycles. The van der Waals surface area contributed by atoms with Crippen LogP contribution in [-0.2, 0) is 0 Å². The summed E-state index contributed by atoms with van der Waals surface area (Å²) in [6, 6.07) is 8.12. The van der Waals surface area contributed by atoms with Crippen LogP contribution in [0.3, 0.4) is 0 Å². The van der Waals surface area contributed by atoms with Crippen LogP contribution in [0.1, 0.15) is 40.5 Å². The SMILES string of the molecule is COc1cc(NCCN(CCC(C)C)CCC(C)C)c2ncccc2c1. The highest BCUT2D eigenvalue weighted by Crippen LogP contribution is 2.27.